The molecule has 1 amide bonds. The number of hydrogen-bond donors (Lipinski definition) is 2. The summed E-state index contributed by atoms with van der Waals surface area (Å²) in [5.41, 5.74) is 3.16. The lowest BCUT2D eigenvalue weighted by Crippen LogP contribution is -2.32. The van der Waals surface area contributed by atoms with Gasteiger partial charge >= 0.3 is 0 Å². The lowest BCUT2D eigenvalue weighted by molar-refractivity contribution is 0.0953. The molecule has 0 saturated heterocycles. The molecule has 2 N–H and O–H groups in total. The third-order valence-corrected chi connectivity index (χ3v) is 3.95. The zero-order valence-corrected chi connectivity index (χ0v) is 16.5. The maximum Gasteiger partial charge on any atom is 0.251 e. The molecule has 2 aromatic rings. The molecule has 4 nitrogen and oxygen atoms in total. The van der Waals surface area contributed by atoms with Gasteiger partial charge in [-0.15, -0.1) is 12.4 Å². The highest BCUT2D eigenvalue weighted by Crippen LogP contribution is 2.10. The van der Waals surface area contributed by atoms with Gasteiger partial charge in [0, 0.05) is 31.7 Å². The van der Waals surface area contributed by atoms with Crippen LogP contribution in [-0.2, 0) is 13.1 Å². The number of halogens is 1. The topological polar surface area (TPSA) is 44.4 Å². The number of carbonyl (C=O) groups is 1. The smallest absolute Gasteiger partial charge is 0.251 e. The first-order chi connectivity index (χ1) is 12.2. The molecule has 0 heterocycles. The lowest BCUT2D eigenvalue weighted by Gasteiger charge is -2.17. The quantitative estimate of drug-likeness (QED) is 0.625. The Kier molecular flexibility index (Phi) is 10.6. The van der Waals surface area contributed by atoms with Gasteiger partial charge in [-0.1, -0.05) is 49.4 Å². The van der Waals surface area contributed by atoms with Crippen molar-refractivity contribution in [2.75, 3.05) is 26.7 Å². The summed E-state index contributed by atoms with van der Waals surface area (Å²) in [6, 6.07) is 18.3. The van der Waals surface area contributed by atoms with Crippen molar-refractivity contribution in [1.29, 1.82) is 0 Å². The molecule has 2 aromatic carbocycles. The molecule has 142 valence electrons. The Morgan fingerprint density at radius 1 is 0.923 bits per heavy atom. The highest BCUT2D eigenvalue weighted by atomic mass is 35.5. The number of rotatable bonds is 10. The van der Waals surface area contributed by atoms with E-state index in [0.29, 0.717) is 6.54 Å². The summed E-state index contributed by atoms with van der Waals surface area (Å²) in [7, 11) is 2.10. The normalized spacial score (nSPS) is 10.4. The summed E-state index contributed by atoms with van der Waals surface area (Å²) in [4.78, 5) is 14.5. The molecule has 0 radical (unpaired) electrons. The molecule has 0 aliphatic rings. The average Bonchev–Trinajstić information content (AvgIpc) is 2.62. The molecule has 5 heteroatoms. The fourth-order valence-electron chi connectivity index (χ4n) is 2.74. The van der Waals surface area contributed by atoms with Crippen molar-refractivity contribution in [3.8, 4) is 0 Å². The van der Waals surface area contributed by atoms with E-state index in [-0.39, 0.29) is 18.3 Å². The Morgan fingerprint density at radius 3 is 2.35 bits per heavy atom. The van der Waals surface area contributed by atoms with E-state index in [1.807, 2.05) is 24.3 Å². The maximum absolute atomic E-state index is 12.3. The van der Waals surface area contributed by atoms with Gasteiger partial charge in [0.05, 0.1) is 0 Å². The third-order valence-electron chi connectivity index (χ3n) is 3.95. The van der Waals surface area contributed by atoms with Gasteiger partial charge in [-0.3, -0.25) is 9.69 Å². The third kappa shape index (κ3) is 8.00. The van der Waals surface area contributed by atoms with Crippen LogP contribution in [-0.4, -0.2) is 37.5 Å². The number of carbonyl (C=O) groups excluding carboxylic acids is 1. The second-order valence-electron chi connectivity index (χ2n) is 6.36. The van der Waals surface area contributed by atoms with Crippen molar-refractivity contribution in [1.82, 2.24) is 15.5 Å². The van der Waals surface area contributed by atoms with Crippen molar-refractivity contribution in [2.24, 2.45) is 0 Å². The van der Waals surface area contributed by atoms with Gasteiger partial charge in [0.15, 0.2) is 0 Å². The number of benzene rings is 2. The van der Waals surface area contributed by atoms with Gasteiger partial charge in [-0.05, 0) is 43.3 Å². The molecule has 0 bridgehead atoms. The molecule has 0 aliphatic carbocycles. The summed E-state index contributed by atoms with van der Waals surface area (Å²) in [5, 5.41) is 6.24. The molecule has 0 spiro atoms. The molecule has 0 atom stereocenters. The zero-order valence-electron chi connectivity index (χ0n) is 15.7. The molecular weight excluding hydrogens is 346 g/mol. The van der Waals surface area contributed by atoms with Crippen molar-refractivity contribution < 1.29 is 4.79 Å². The number of nitrogens with one attached hydrogen (secondary N) is 2. The van der Waals surface area contributed by atoms with E-state index in [9.17, 15) is 4.79 Å². The van der Waals surface area contributed by atoms with Gasteiger partial charge in [-0.25, -0.2) is 0 Å². The van der Waals surface area contributed by atoms with Crippen LogP contribution in [0.25, 0.3) is 0 Å². The number of amides is 1. The summed E-state index contributed by atoms with van der Waals surface area (Å²) in [5.74, 6) is -0.00846. The number of hydrogen-bond acceptors (Lipinski definition) is 3. The van der Waals surface area contributed by atoms with E-state index < -0.39 is 0 Å². The molecule has 0 fully saturated rings. The molecule has 2 rings (SSSR count). The van der Waals surface area contributed by atoms with Crippen molar-refractivity contribution in [2.45, 2.75) is 26.4 Å². The lowest BCUT2D eigenvalue weighted by atomic mass is 10.1. The predicted molar refractivity (Wildman–Crippen MR) is 111 cm³/mol. The molecule has 0 aliphatic heterocycles. The van der Waals surface area contributed by atoms with Crippen LogP contribution in [0.15, 0.2) is 54.6 Å². The Hall–Kier alpha value is -1.88. The van der Waals surface area contributed by atoms with Crippen LogP contribution < -0.4 is 10.6 Å². The van der Waals surface area contributed by atoms with E-state index >= 15 is 0 Å². The highest BCUT2D eigenvalue weighted by Gasteiger charge is 2.07. The Morgan fingerprint density at radius 2 is 1.62 bits per heavy atom. The van der Waals surface area contributed by atoms with E-state index in [2.05, 4.69) is 59.8 Å². The van der Waals surface area contributed by atoms with Gasteiger partial charge in [-0.2, -0.15) is 0 Å². The second-order valence-corrected chi connectivity index (χ2v) is 6.36. The average molecular weight is 376 g/mol. The first-order valence-electron chi connectivity index (χ1n) is 8.99. The molecule has 0 saturated carbocycles. The predicted octanol–water partition coefficient (Wildman–Crippen LogP) is 3.47. The van der Waals surface area contributed by atoms with E-state index in [1.165, 1.54) is 5.56 Å². The van der Waals surface area contributed by atoms with Crippen LogP contribution in [0.5, 0.6) is 0 Å². The highest BCUT2D eigenvalue weighted by molar-refractivity contribution is 5.94. The fourth-order valence-corrected chi connectivity index (χ4v) is 2.74. The fraction of sp³-hybridized carbons (Fsp3) is 0.381. The van der Waals surface area contributed by atoms with Gasteiger partial charge in [0.25, 0.3) is 5.91 Å². The molecule has 26 heavy (non-hydrogen) atoms. The summed E-state index contributed by atoms with van der Waals surface area (Å²) < 4.78 is 0. The Labute approximate surface area is 163 Å². The minimum atomic E-state index is -0.00846. The van der Waals surface area contributed by atoms with E-state index in [1.54, 1.807) is 0 Å². The zero-order chi connectivity index (χ0) is 17.9. The monoisotopic (exact) mass is 375 g/mol. The molecule has 0 aromatic heterocycles. The first-order valence-corrected chi connectivity index (χ1v) is 8.99. The SMILES string of the molecule is CCCNCCNC(=O)c1cccc(CN(C)Cc2ccccc2)c1.Cl. The van der Waals surface area contributed by atoms with Crippen LogP contribution in [0, 0.1) is 0 Å². The Balaban J connectivity index is 0.00000338. The van der Waals surface area contributed by atoms with Crippen LogP contribution in [0.3, 0.4) is 0 Å². The van der Waals surface area contributed by atoms with E-state index in [4.69, 9.17) is 0 Å². The minimum absolute atomic E-state index is 0. The molecular formula is C21H30ClN3O. The van der Waals surface area contributed by atoms with Gasteiger partial charge in [0.2, 0.25) is 0 Å². The molecule has 0 unspecified atom stereocenters. The van der Waals surface area contributed by atoms with Gasteiger partial charge in [0.1, 0.15) is 0 Å². The van der Waals surface area contributed by atoms with Crippen LogP contribution in [0.2, 0.25) is 0 Å². The van der Waals surface area contributed by atoms with Gasteiger partial charge < -0.3 is 10.6 Å². The summed E-state index contributed by atoms with van der Waals surface area (Å²) >= 11 is 0. The largest absolute Gasteiger partial charge is 0.351 e. The second kappa shape index (κ2) is 12.5. The summed E-state index contributed by atoms with van der Waals surface area (Å²) in [6.07, 6.45) is 1.10. The van der Waals surface area contributed by atoms with Crippen molar-refractivity contribution >= 4 is 18.3 Å². The van der Waals surface area contributed by atoms with Crippen LogP contribution in [0.1, 0.15) is 34.8 Å². The van der Waals surface area contributed by atoms with E-state index in [0.717, 1.165) is 43.7 Å². The van der Waals surface area contributed by atoms with Crippen LogP contribution in [0.4, 0.5) is 0 Å². The summed E-state index contributed by atoms with van der Waals surface area (Å²) in [6.45, 7) is 6.27. The first kappa shape index (κ1) is 22.2. The maximum atomic E-state index is 12.3. The van der Waals surface area contributed by atoms with Crippen molar-refractivity contribution in [3.05, 3.63) is 71.3 Å². The standard InChI is InChI=1S/C21H29N3O.ClH/c1-3-12-22-13-14-23-21(25)20-11-7-10-19(15-20)17-24(2)16-18-8-5-4-6-9-18;/h4-11,15,22H,3,12-14,16-17H2,1-2H3,(H,23,25);1H. The minimum Gasteiger partial charge on any atom is -0.351 e. The van der Waals surface area contributed by atoms with Crippen LogP contribution >= 0.6 is 12.4 Å². The Bertz CT molecular complexity index is 649. The van der Waals surface area contributed by atoms with Crippen molar-refractivity contribution in [3.63, 3.8) is 0 Å². The number of nitrogens with zero attached hydrogens (tertiary/aromatic N) is 1.